The van der Waals surface area contributed by atoms with Gasteiger partial charge in [0.25, 0.3) is 35.0 Å². The Labute approximate surface area is 201 Å². The number of hydrazine groups is 2. The van der Waals surface area contributed by atoms with E-state index in [1.54, 1.807) is 0 Å². The zero-order valence-electron chi connectivity index (χ0n) is 18.1. The molecule has 0 aliphatic rings. The SMILES string of the molecule is O=C(NNC(=O)c1cccc(C(=O)NNC(=O)c2ccc([N+](=O)[O-])cc2)c1)c1ccc([N+](=O)[O-])cc1. The maximum absolute atomic E-state index is 12.4. The van der Waals surface area contributed by atoms with Gasteiger partial charge in [0, 0.05) is 46.5 Å². The van der Waals surface area contributed by atoms with Crippen molar-refractivity contribution in [2.75, 3.05) is 0 Å². The molecule has 182 valence electrons. The molecule has 0 spiro atoms. The fraction of sp³-hybridized carbons (Fsp3) is 0. The topological polar surface area (TPSA) is 203 Å². The molecule has 0 unspecified atom stereocenters. The number of amides is 4. The van der Waals surface area contributed by atoms with Gasteiger partial charge in [-0.25, -0.2) is 0 Å². The lowest BCUT2D eigenvalue weighted by atomic mass is 10.1. The largest absolute Gasteiger partial charge is 0.269 e. The van der Waals surface area contributed by atoms with Crippen molar-refractivity contribution in [3.05, 3.63) is 115 Å². The molecule has 4 amide bonds. The third-order valence-corrected chi connectivity index (χ3v) is 4.65. The minimum atomic E-state index is -0.755. The van der Waals surface area contributed by atoms with E-state index in [0.717, 1.165) is 24.3 Å². The standard InChI is InChI=1S/C22H16N6O8/c29-19(13-4-8-17(9-5-13)27(33)34)23-25-21(31)15-2-1-3-16(12-15)22(32)26-24-20(30)14-6-10-18(11-7-14)28(35)36/h1-12H,(H,23,29)(H,24,30)(H,25,31)(H,26,32). The lowest BCUT2D eigenvalue weighted by Gasteiger charge is -2.10. The number of nitrogens with one attached hydrogen (secondary N) is 4. The molecule has 3 rings (SSSR count). The summed E-state index contributed by atoms with van der Waals surface area (Å²) in [6.07, 6.45) is 0. The van der Waals surface area contributed by atoms with Crippen molar-refractivity contribution < 1.29 is 29.0 Å². The van der Waals surface area contributed by atoms with Gasteiger partial charge in [-0.15, -0.1) is 0 Å². The first-order valence-electron chi connectivity index (χ1n) is 9.96. The Bertz CT molecular complexity index is 1250. The molecule has 0 aliphatic heterocycles. The van der Waals surface area contributed by atoms with Crippen LogP contribution in [0.15, 0.2) is 72.8 Å². The molecule has 4 N–H and O–H groups in total. The van der Waals surface area contributed by atoms with Crippen LogP contribution in [0.2, 0.25) is 0 Å². The summed E-state index contributed by atoms with van der Waals surface area (Å²) < 4.78 is 0. The normalized spacial score (nSPS) is 10.0. The van der Waals surface area contributed by atoms with Crippen LogP contribution in [0.3, 0.4) is 0 Å². The van der Waals surface area contributed by atoms with E-state index in [9.17, 15) is 39.4 Å². The van der Waals surface area contributed by atoms with Crippen LogP contribution in [0.1, 0.15) is 41.4 Å². The van der Waals surface area contributed by atoms with Crippen molar-refractivity contribution in [2.45, 2.75) is 0 Å². The predicted octanol–water partition coefficient (Wildman–Crippen LogP) is 1.65. The number of non-ortho nitro benzene ring substituents is 2. The summed E-state index contributed by atoms with van der Waals surface area (Å²) in [7, 11) is 0. The molecular formula is C22H16N6O8. The van der Waals surface area contributed by atoms with E-state index < -0.39 is 33.5 Å². The Morgan fingerprint density at radius 3 is 1.11 bits per heavy atom. The highest BCUT2D eigenvalue weighted by Gasteiger charge is 2.15. The van der Waals surface area contributed by atoms with Crippen LogP contribution in [0.4, 0.5) is 11.4 Å². The number of hydrogen-bond donors (Lipinski definition) is 4. The number of carbonyl (C=O) groups is 4. The molecule has 0 aliphatic carbocycles. The summed E-state index contributed by atoms with van der Waals surface area (Å²) in [5.41, 5.74) is 8.39. The van der Waals surface area contributed by atoms with Crippen molar-refractivity contribution >= 4 is 35.0 Å². The van der Waals surface area contributed by atoms with Crippen LogP contribution in [-0.4, -0.2) is 33.5 Å². The number of nitro groups is 2. The Morgan fingerprint density at radius 2 is 0.806 bits per heavy atom. The molecular weight excluding hydrogens is 476 g/mol. The maximum atomic E-state index is 12.4. The Kier molecular flexibility index (Phi) is 7.61. The average Bonchev–Trinajstić information content (AvgIpc) is 2.90. The van der Waals surface area contributed by atoms with Crippen LogP contribution >= 0.6 is 0 Å². The van der Waals surface area contributed by atoms with Gasteiger partial charge in [-0.1, -0.05) is 6.07 Å². The van der Waals surface area contributed by atoms with Gasteiger partial charge in [0.2, 0.25) is 0 Å². The van der Waals surface area contributed by atoms with Crippen molar-refractivity contribution in [2.24, 2.45) is 0 Å². The summed E-state index contributed by atoms with van der Waals surface area (Å²) >= 11 is 0. The van der Waals surface area contributed by atoms with E-state index in [4.69, 9.17) is 0 Å². The van der Waals surface area contributed by atoms with Crippen LogP contribution in [0.5, 0.6) is 0 Å². The third kappa shape index (κ3) is 6.22. The lowest BCUT2D eigenvalue weighted by Crippen LogP contribution is -2.42. The van der Waals surface area contributed by atoms with Crippen LogP contribution < -0.4 is 21.7 Å². The molecule has 0 heterocycles. The van der Waals surface area contributed by atoms with Crippen molar-refractivity contribution in [1.29, 1.82) is 0 Å². The molecule has 0 saturated carbocycles. The van der Waals surface area contributed by atoms with Gasteiger partial charge >= 0.3 is 0 Å². The Hall–Kier alpha value is -5.66. The second-order valence-electron chi connectivity index (χ2n) is 7.01. The highest BCUT2D eigenvalue weighted by Crippen LogP contribution is 2.13. The number of hydrogen-bond acceptors (Lipinski definition) is 8. The summed E-state index contributed by atoms with van der Waals surface area (Å²) in [4.78, 5) is 69.1. The van der Waals surface area contributed by atoms with Gasteiger partial charge in [-0.2, -0.15) is 0 Å². The first-order valence-corrected chi connectivity index (χ1v) is 9.96. The number of nitrogens with zero attached hydrogens (tertiary/aromatic N) is 2. The average molecular weight is 492 g/mol. The van der Waals surface area contributed by atoms with Gasteiger partial charge in [-0.3, -0.25) is 61.1 Å². The molecule has 0 atom stereocenters. The lowest BCUT2D eigenvalue weighted by molar-refractivity contribution is -0.385. The number of benzene rings is 3. The van der Waals surface area contributed by atoms with E-state index in [1.165, 1.54) is 48.5 Å². The Balaban J connectivity index is 1.55. The van der Waals surface area contributed by atoms with Gasteiger partial charge in [0.15, 0.2) is 0 Å². The molecule has 0 fully saturated rings. The van der Waals surface area contributed by atoms with Crippen LogP contribution in [-0.2, 0) is 0 Å². The monoisotopic (exact) mass is 492 g/mol. The molecule has 0 bridgehead atoms. The van der Waals surface area contributed by atoms with E-state index in [1.807, 2.05) is 0 Å². The zero-order valence-corrected chi connectivity index (χ0v) is 18.1. The summed E-state index contributed by atoms with van der Waals surface area (Å²) in [5, 5.41) is 21.4. The van der Waals surface area contributed by atoms with Gasteiger partial charge in [-0.05, 0) is 42.5 Å². The summed E-state index contributed by atoms with van der Waals surface area (Å²) in [6.45, 7) is 0. The minimum absolute atomic E-state index is 0.00773. The van der Waals surface area contributed by atoms with Crippen molar-refractivity contribution in [1.82, 2.24) is 21.7 Å². The van der Waals surface area contributed by atoms with Gasteiger partial charge < -0.3 is 0 Å². The quantitative estimate of drug-likeness (QED) is 0.293. The first-order chi connectivity index (χ1) is 17.2. The number of rotatable bonds is 6. The fourth-order valence-corrected chi connectivity index (χ4v) is 2.79. The molecule has 36 heavy (non-hydrogen) atoms. The van der Waals surface area contributed by atoms with E-state index in [0.29, 0.717) is 0 Å². The second kappa shape index (κ2) is 11.0. The molecule has 0 radical (unpaired) electrons. The van der Waals surface area contributed by atoms with Gasteiger partial charge in [0.05, 0.1) is 9.85 Å². The van der Waals surface area contributed by atoms with Crippen LogP contribution in [0, 0.1) is 20.2 Å². The third-order valence-electron chi connectivity index (χ3n) is 4.65. The summed E-state index contributed by atoms with van der Waals surface area (Å²) in [5.74, 6) is -2.95. The van der Waals surface area contributed by atoms with E-state index >= 15 is 0 Å². The maximum Gasteiger partial charge on any atom is 0.269 e. The number of carbonyl (C=O) groups excluding carboxylic acids is 4. The highest BCUT2D eigenvalue weighted by atomic mass is 16.6. The van der Waals surface area contributed by atoms with E-state index in [2.05, 4.69) is 21.7 Å². The Morgan fingerprint density at radius 1 is 0.500 bits per heavy atom. The molecule has 14 nitrogen and oxygen atoms in total. The second-order valence-corrected chi connectivity index (χ2v) is 7.01. The highest BCUT2D eigenvalue weighted by molar-refractivity contribution is 6.02. The smallest absolute Gasteiger partial charge is 0.267 e. The number of nitro benzene ring substituents is 2. The summed E-state index contributed by atoms with van der Waals surface area (Å²) in [6, 6.07) is 14.8. The minimum Gasteiger partial charge on any atom is -0.267 e. The van der Waals surface area contributed by atoms with Crippen molar-refractivity contribution in [3.63, 3.8) is 0 Å². The predicted molar refractivity (Wildman–Crippen MR) is 122 cm³/mol. The molecule has 14 heteroatoms. The first kappa shape index (κ1) is 25.0. The zero-order chi connectivity index (χ0) is 26.2. The molecule has 0 saturated heterocycles. The van der Waals surface area contributed by atoms with E-state index in [-0.39, 0.29) is 33.6 Å². The van der Waals surface area contributed by atoms with Crippen LogP contribution in [0.25, 0.3) is 0 Å². The van der Waals surface area contributed by atoms with Crippen molar-refractivity contribution in [3.8, 4) is 0 Å². The molecule has 0 aromatic heterocycles. The molecule has 3 aromatic rings. The fourth-order valence-electron chi connectivity index (χ4n) is 2.79. The van der Waals surface area contributed by atoms with Gasteiger partial charge in [0.1, 0.15) is 0 Å². The molecule has 3 aromatic carbocycles.